The average Bonchev–Trinajstić information content (AvgIpc) is 3.21. The summed E-state index contributed by atoms with van der Waals surface area (Å²) in [6.07, 6.45) is 2.42. The first-order chi connectivity index (χ1) is 18.6. The first-order valence-corrected chi connectivity index (χ1v) is 13.1. The number of amides is 2. The van der Waals surface area contributed by atoms with Gasteiger partial charge in [0, 0.05) is 23.7 Å². The number of aliphatic hydroxyl groups is 2. The van der Waals surface area contributed by atoms with Crippen LogP contribution in [-0.4, -0.2) is 61.7 Å². The molecule has 9 nitrogen and oxygen atoms in total. The van der Waals surface area contributed by atoms with Gasteiger partial charge in [0.15, 0.2) is 0 Å². The van der Waals surface area contributed by atoms with Gasteiger partial charge in [-0.2, -0.15) is 0 Å². The summed E-state index contributed by atoms with van der Waals surface area (Å²) in [5.74, 6) is -0.853. The molecule has 1 fully saturated rings. The summed E-state index contributed by atoms with van der Waals surface area (Å²) in [4.78, 5) is 36.6. The van der Waals surface area contributed by atoms with E-state index in [0.29, 0.717) is 51.8 Å². The second-order valence-corrected chi connectivity index (χ2v) is 10.6. The molecule has 2 aliphatic rings. The van der Waals surface area contributed by atoms with Crippen LogP contribution in [-0.2, 0) is 11.3 Å². The number of fused-ring (bicyclic) bond motifs is 1. The lowest BCUT2D eigenvalue weighted by molar-refractivity contribution is -0.126. The fourth-order valence-electron chi connectivity index (χ4n) is 4.94. The van der Waals surface area contributed by atoms with Crippen molar-refractivity contribution in [3.63, 3.8) is 0 Å². The van der Waals surface area contributed by atoms with Crippen molar-refractivity contribution in [2.24, 2.45) is 0 Å². The number of aromatic nitrogens is 2. The lowest BCUT2D eigenvalue weighted by Crippen LogP contribution is -2.46. The minimum atomic E-state index is -0.840. The fraction of sp³-hybridized carbons (Fsp3) is 0.357. The SMILES string of the molecule is Cc1cc(F)cc(C(CO)NC(=O)C(C)N2Cc3ccc(-c4nc(N[C@H]5C[C@H](O)C5)ncc4Cl)cc3C2=O)c1. The number of anilines is 1. The van der Waals surface area contributed by atoms with Crippen LogP contribution in [0.15, 0.2) is 42.6 Å². The minimum Gasteiger partial charge on any atom is -0.394 e. The maximum Gasteiger partial charge on any atom is 0.255 e. The van der Waals surface area contributed by atoms with Crippen LogP contribution in [0.25, 0.3) is 11.3 Å². The van der Waals surface area contributed by atoms with Crippen molar-refractivity contribution in [1.82, 2.24) is 20.2 Å². The van der Waals surface area contributed by atoms with Gasteiger partial charge >= 0.3 is 0 Å². The van der Waals surface area contributed by atoms with Crippen molar-refractivity contribution >= 4 is 29.4 Å². The van der Waals surface area contributed by atoms with Gasteiger partial charge in [0.1, 0.15) is 11.9 Å². The number of benzene rings is 2. The molecule has 1 aliphatic heterocycles. The number of aryl methyl sites for hydroxylation is 1. The van der Waals surface area contributed by atoms with E-state index in [1.165, 1.54) is 23.2 Å². The van der Waals surface area contributed by atoms with E-state index in [9.17, 15) is 24.2 Å². The number of aliphatic hydroxyl groups excluding tert-OH is 2. The molecular formula is C28H29ClFN5O4. The molecule has 2 unspecified atom stereocenters. The molecule has 2 heterocycles. The highest BCUT2D eigenvalue weighted by Gasteiger charge is 2.35. The quantitative estimate of drug-likeness (QED) is 0.337. The summed E-state index contributed by atoms with van der Waals surface area (Å²) >= 11 is 6.39. The molecule has 3 aromatic rings. The molecule has 2 amide bonds. The Morgan fingerprint density at radius 2 is 2.03 bits per heavy atom. The second-order valence-electron chi connectivity index (χ2n) is 10.1. The molecular weight excluding hydrogens is 525 g/mol. The number of hydrogen-bond acceptors (Lipinski definition) is 7. The molecule has 2 atom stereocenters. The third-order valence-electron chi connectivity index (χ3n) is 7.22. The molecule has 11 heteroatoms. The van der Waals surface area contributed by atoms with Crippen LogP contribution in [0.3, 0.4) is 0 Å². The molecule has 0 spiro atoms. The Kier molecular flexibility index (Phi) is 7.53. The van der Waals surface area contributed by atoms with Crippen molar-refractivity contribution in [3.05, 3.63) is 75.7 Å². The number of nitrogens with one attached hydrogen (secondary N) is 2. The van der Waals surface area contributed by atoms with Gasteiger partial charge in [0.25, 0.3) is 5.91 Å². The highest BCUT2D eigenvalue weighted by Crippen LogP contribution is 2.33. The van der Waals surface area contributed by atoms with E-state index in [2.05, 4.69) is 20.6 Å². The lowest BCUT2D eigenvalue weighted by Gasteiger charge is -2.31. The van der Waals surface area contributed by atoms with E-state index >= 15 is 0 Å². The largest absolute Gasteiger partial charge is 0.394 e. The van der Waals surface area contributed by atoms with Gasteiger partial charge < -0.3 is 25.7 Å². The summed E-state index contributed by atoms with van der Waals surface area (Å²) in [6.45, 7) is 3.16. The van der Waals surface area contributed by atoms with E-state index in [4.69, 9.17) is 11.6 Å². The zero-order chi connectivity index (χ0) is 27.8. The zero-order valence-electron chi connectivity index (χ0n) is 21.5. The molecule has 1 saturated carbocycles. The molecule has 5 rings (SSSR count). The normalized spacial score (nSPS) is 19.7. The molecule has 204 valence electrons. The van der Waals surface area contributed by atoms with E-state index < -0.39 is 30.4 Å². The third kappa shape index (κ3) is 5.59. The molecule has 0 radical (unpaired) electrons. The topological polar surface area (TPSA) is 128 Å². The predicted octanol–water partition coefficient (Wildman–Crippen LogP) is 3.37. The van der Waals surface area contributed by atoms with Gasteiger partial charge in [-0.15, -0.1) is 0 Å². The zero-order valence-corrected chi connectivity index (χ0v) is 22.2. The number of carbonyl (C=O) groups is 2. The van der Waals surface area contributed by atoms with Crippen LogP contribution < -0.4 is 10.6 Å². The van der Waals surface area contributed by atoms with Gasteiger partial charge in [-0.05, 0) is 61.6 Å². The fourth-order valence-corrected chi connectivity index (χ4v) is 5.15. The van der Waals surface area contributed by atoms with Gasteiger partial charge in [0.05, 0.1) is 35.7 Å². The Morgan fingerprint density at radius 3 is 2.72 bits per heavy atom. The Balaban J connectivity index is 1.31. The van der Waals surface area contributed by atoms with Crippen LogP contribution in [0.1, 0.15) is 52.9 Å². The van der Waals surface area contributed by atoms with Crippen molar-refractivity contribution < 1.29 is 24.2 Å². The van der Waals surface area contributed by atoms with Gasteiger partial charge in [-0.1, -0.05) is 29.8 Å². The molecule has 39 heavy (non-hydrogen) atoms. The van der Waals surface area contributed by atoms with Crippen molar-refractivity contribution in [1.29, 1.82) is 0 Å². The maximum absolute atomic E-state index is 13.9. The first-order valence-electron chi connectivity index (χ1n) is 12.7. The van der Waals surface area contributed by atoms with E-state index in [-0.39, 0.29) is 24.6 Å². The monoisotopic (exact) mass is 553 g/mol. The van der Waals surface area contributed by atoms with Crippen LogP contribution >= 0.6 is 11.6 Å². The Bertz CT molecular complexity index is 1410. The van der Waals surface area contributed by atoms with E-state index in [1.807, 2.05) is 12.1 Å². The molecule has 0 bridgehead atoms. The van der Waals surface area contributed by atoms with Gasteiger partial charge in [-0.3, -0.25) is 9.59 Å². The van der Waals surface area contributed by atoms with Crippen molar-refractivity contribution in [2.75, 3.05) is 11.9 Å². The standard InChI is InChI=1S/C28H29ClFN5O4/c1-14-5-18(7-19(30)6-14)24(13-36)33-26(38)15(2)35-12-17-4-3-16(8-22(17)27(35)39)25-23(29)11-31-28(34-25)32-20-9-21(37)10-20/h3-8,11,15,20-21,24,36-37H,9-10,12-13H2,1-2H3,(H,33,38)(H,31,32,34)/t15?,20-,21-,24?. The first kappa shape index (κ1) is 27.0. The van der Waals surface area contributed by atoms with Crippen LogP contribution in [0.4, 0.5) is 10.3 Å². The van der Waals surface area contributed by atoms with Crippen LogP contribution in [0, 0.1) is 12.7 Å². The number of rotatable bonds is 8. The average molecular weight is 554 g/mol. The second kappa shape index (κ2) is 10.9. The third-order valence-corrected chi connectivity index (χ3v) is 7.50. The Labute approximate surface area is 230 Å². The van der Waals surface area contributed by atoms with Crippen molar-refractivity contribution in [3.8, 4) is 11.3 Å². The Hall–Kier alpha value is -3.60. The van der Waals surface area contributed by atoms with E-state index in [1.54, 1.807) is 26.0 Å². The summed E-state index contributed by atoms with van der Waals surface area (Å²) in [5, 5.41) is 25.6. The van der Waals surface area contributed by atoms with Gasteiger partial charge in [-0.25, -0.2) is 14.4 Å². The predicted molar refractivity (Wildman–Crippen MR) is 144 cm³/mol. The van der Waals surface area contributed by atoms with Crippen molar-refractivity contribution in [2.45, 2.75) is 57.5 Å². The highest BCUT2D eigenvalue weighted by atomic mass is 35.5. The molecule has 1 aliphatic carbocycles. The molecule has 0 saturated heterocycles. The number of hydrogen-bond donors (Lipinski definition) is 4. The van der Waals surface area contributed by atoms with Gasteiger partial charge in [0.2, 0.25) is 11.9 Å². The summed E-state index contributed by atoms with van der Waals surface area (Å²) in [6, 6.07) is 8.11. The Morgan fingerprint density at radius 1 is 1.26 bits per heavy atom. The number of nitrogens with zero attached hydrogens (tertiary/aromatic N) is 3. The number of carbonyl (C=O) groups excluding carboxylic acids is 2. The van der Waals surface area contributed by atoms with Crippen LogP contribution in [0.2, 0.25) is 5.02 Å². The molecule has 1 aromatic heterocycles. The number of halogens is 2. The van der Waals surface area contributed by atoms with E-state index in [0.717, 1.165) is 5.56 Å². The van der Waals surface area contributed by atoms with Crippen LogP contribution in [0.5, 0.6) is 0 Å². The smallest absolute Gasteiger partial charge is 0.255 e. The minimum absolute atomic E-state index is 0.0900. The molecule has 4 N–H and O–H groups in total. The highest BCUT2D eigenvalue weighted by molar-refractivity contribution is 6.33. The maximum atomic E-state index is 13.9. The lowest BCUT2D eigenvalue weighted by atomic mass is 9.90. The summed E-state index contributed by atoms with van der Waals surface area (Å²) in [5.41, 5.74) is 3.41. The summed E-state index contributed by atoms with van der Waals surface area (Å²) in [7, 11) is 0. The summed E-state index contributed by atoms with van der Waals surface area (Å²) < 4.78 is 13.9. The molecule has 2 aromatic carbocycles.